The molecule has 0 saturated heterocycles. The second-order valence-electron chi connectivity index (χ2n) is 5.22. The molecule has 1 atom stereocenters. The Morgan fingerprint density at radius 3 is 2.90 bits per heavy atom. The van der Waals surface area contributed by atoms with Crippen LogP contribution in [0, 0.1) is 6.92 Å². The van der Waals surface area contributed by atoms with Gasteiger partial charge in [0.25, 0.3) is 5.91 Å². The van der Waals surface area contributed by atoms with Gasteiger partial charge in [-0.1, -0.05) is 24.3 Å². The summed E-state index contributed by atoms with van der Waals surface area (Å²) in [5.41, 5.74) is 9.25. The maximum Gasteiger partial charge on any atom is 0.252 e. The first kappa shape index (κ1) is 14.0. The summed E-state index contributed by atoms with van der Waals surface area (Å²) in [5, 5.41) is 3.15. The lowest BCUT2D eigenvalue weighted by Crippen LogP contribution is -2.31. The molecule has 1 aliphatic heterocycles. The van der Waals surface area contributed by atoms with Crippen LogP contribution in [-0.4, -0.2) is 11.7 Å². The molecule has 2 aromatic rings. The zero-order valence-electron chi connectivity index (χ0n) is 11.9. The van der Waals surface area contributed by atoms with E-state index in [1.54, 1.807) is 0 Å². The third-order valence-corrected chi connectivity index (χ3v) is 5.01. The Morgan fingerprint density at radius 1 is 1.24 bits per heavy atom. The molecule has 4 heteroatoms. The first-order valence-electron chi connectivity index (χ1n) is 7.04. The SMILES string of the molecule is Cc1c(N)cccc1C(=O)NC1CCSc2ccccc21. The van der Waals surface area contributed by atoms with Crippen molar-refractivity contribution in [3.63, 3.8) is 0 Å². The fourth-order valence-corrected chi connectivity index (χ4v) is 3.75. The molecule has 3 nitrogen and oxygen atoms in total. The van der Waals surface area contributed by atoms with Crippen molar-refractivity contribution in [2.45, 2.75) is 24.3 Å². The first-order valence-corrected chi connectivity index (χ1v) is 8.03. The minimum absolute atomic E-state index is 0.0495. The molecule has 1 heterocycles. The van der Waals surface area contributed by atoms with Crippen molar-refractivity contribution < 1.29 is 4.79 Å². The molecule has 108 valence electrons. The highest BCUT2D eigenvalue weighted by atomic mass is 32.2. The Balaban J connectivity index is 1.85. The Bertz CT molecular complexity index is 684. The molecule has 1 amide bonds. The summed E-state index contributed by atoms with van der Waals surface area (Å²) in [7, 11) is 0. The minimum atomic E-state index is -0.0495. The van der Waals surface area contributed by atoms with E-state index in [1.165, 1.54) is 10.5 Å². The van der Waals surface area contributed by atoms with Gasteiger partial charge in [0.15, 0.2) is 0 Å². The predicted octanol–water partition coefficient (Wildman–Crippen LogP) is 3.54. The summed E-state index contributed by atoms with van der Waals surface area (Å²) < 4.78 is 0. The van der Waals surface area contributed by atoms with Gasteiger partial charge >= 0.3 is 0 Å². The first-order chi connectivity index (χ1) is 10.2. The summed E-state index contributed by atoms with van der Waals surface area (Å²) >= 11 is 1.85. The standard InChI is InChI=1S/C17H18N2OS/c1-11-12(6-4-7-14(11)18)17(20)19-15-9-10-21-16-8-3-2-5-13(15)16/h2-8,15H,9-10,18H2,1H3,(H,19,20). The number of nitrogen functional groups attached to an aromatic ring is 1. The van der Waals surface area contributed by atoms with E-state index in [0.29, 0.717) is 11.3 Å². The van der Waals surface area contributed by atoms with E-state index in [4.69, 9.17) is 5.73 Å². The van der Waals surface area contributed by atoms with Crippen LogP contribution in [0.3, 0.4) is 0 Å². The molecule has 0 aromatic heterocycles. The number of carbonyl (C=O) groups excluding carboxylic acids is 1. The highest BCUT2D eigenvalue weighted by molar-refractivity contribution is 7.99. The van der Waals surface area contributed by atoms with Crippen LogP contribution in [0.2, 0.25) is 0 Å². The third-order valence-electron chi connectivity index (χ3n) is 3.88. The number of fused-ring (bicyclic) bond motifs is 1. The van der Waals surface area contributed by atoms with E-state index >= 15 is 0 Å². The van der Waals surface area contributed by atoms with E-state index < -0.39 is 0 Å². The minimum Gasteiger partial charge on any atom is -0.398 e. The second kappa shape index (κ2) is 5.82. The number of nitrogens with one attached hydrogen (secondary N) is 1. The molecular weight excluding hydrogens is 280 g/mol. The Morgan fingerprint density at radius 2 is 2.05 bits per heavy atom. The molecule has 1 unspecified atom stereocenters. The molecule has 2 aromatic carbocycles. The van der Waals surface area contributed by atoms with Crippen LogP contribution in [0.5, 0.6) is 0 Å². The van der Waals surface area contributed by atoms with Gasteiger partial charge in [0.2, 0.25) is 0 Å². The molecule has 21 heavy (non-hydrogen) atoms. The Hall–Kier alpha value is -1.94. The molecular formula is C17H18N2OS. The van der Waals surface area contributed by atoms with E-state index in [9.17, 15) is 4.79 Å². The fourth-order valence-electron chi connectivity index (χ4n) is 2.63. The quantitative estimate of drug-likeness (QED) is 0.834. The zero-order chi connectivity index (χ0) is 14.8. The lowest BCUT2D eigenvalue weighted by molar-refractivity contribution is 0.0934. The maximum atomic E-state index is 12.5. The van der Waals surface area contributed by atoms with Crippen molar-refractivity contribution in [1.82, 2.24) is 5.32 Å². The number of amides is 1. The third kappa shape index (κ3) is 2.76. The fraction of sp³-hybridized carbons (Fsp3) is 0.235. The van der Waals surface area contributed by atoms with Crippen LogP contribution in [-0.2, 0) is 0 Å². The smallest absolute Gasteiger partial charge is 0.252 e. The van der Waals surface area contributed by atoms with E-state index in [-0.39, 0.29) is 11.9 Å². The number of hydrogen-bond acceptors (Lipinski definition) is 3. The monoisotopic (exact) mass is 298 g/mol. The number of hydrogen-bond donors (Lipinski definition) is 2. The van der Waals surface area contributed by atoms with Crippen LogP contribution >= 0.6 is 11.8 Å². The average Bonchev–Trinajstić information content (AvgIpc) is 2.50. The molecule has 3 rings (SSSR count). The van der Waals surface area contributed by atoms with Gasteiger partial charge in [-0.2, -0.15) is 0 Å². The average molecular weight is 298 g/mol. The lowest BCUT2D eigenvalue weighted by atomic mass is 10.0. The van der Waals surface area contributed by atoms with Gasteiger partial charge in [-0.15, -0.1) is 11.8 Å². The van der Waals surface area contributed by atoms with Crippen molar-refractivity contribution in [3.8, 4) is 0 Å². The zero-order valence-corrected chi connectivity index (χ0v) is 12.7. The Kier molecular flexibility index (Phi) is 3.88. The van der Waals surface area contributed by atoms with E-state index in [2.05, 4.69) is 17.4 Å². The van der Waals surface area contributed by atoms with Gasteiger partial charge in [0.05, 0.1) is 6.04 Å². The van der Waals surface area contributed by atoms with E-state index in [1.807, 2.05) is 49.0 Å². The van der Waals surface area contributed by atoms with Crippen LogP contribution in [0.4, 0.5) is 5.69 Å². The van der Waals surface area contributed by atoms with Gasteiger partial charge < -0.3 is 11.1 Å². The second-order valence-corrected chi connectivity index (χ2v) is 6.36. The van der Waals surface area contributed by atoms with Gasteiger partial charge in [0.1, 0.15) is 0 Å². The number of benzene rings is 2. The van der Waals surface area contributed by atoms with Crippen molar-refractivity contribution in [2.75, 3.05) is 11.5 Å². The van der Waals surface area contributed by atoms with Crippen LogP contribution in [0.25, 0.3) is 0 Å². The predicted molar refractivity (Wildman–Crippen MR) is 87.6 cm³/mol. The molecule has 0 bridgehead atoms. The normalized spacial score (nSPS) is 17.1. The van der Waals surface area contributed by atoms with Crippen molar-refractivity contribution in [1.29, 1.82) is 0 Å². The molecule has 3 N–H and O–H groups in total. The molecule has 0 spiro atoms. The molecule has 0 radical (unpaired) electrons. The van der Waals surface area contributed by atoms with Crippen molar-refractivity contribution in [3.05, 3.63) is 59.2 Å². The molecule has 1 aliphatic rings. The van der Waals surface area contributed by atoms with Crippen molar-refractivity contribution in [2.24, 2.45) is 0 Å². The highest BCUT2D eigenvalue weighted by Crippen LogP contribution is 2.36. The number of rotatable bonds is 2. The van der Waals surface area contributed by atoms with Gasteiger partial charge in [0, 0.05) is 21.9 Å². The highest BCUT2D eigenvalue weighted by Gasteiger charge is 2.23. The largest absolute Gasteiger partial charge is 0.398 e. The van der Waals surface area contributed by atoms with Gasteiger partial charge in [-0.05, 0) is 42.7 Å². The number of nitrogens with two attached hydrogens (primary N) is 1. The lowest BCUT2D eigenvalue weighted by Gasteiger charge is -2.26. The summed E-state index contributed by atoms with van der Waals surface area (Å²) in [6, 6.07) is 13.8. The van der Waals surface area contributed by atoms with Crippen LogP contribution in [0.15, 0.2) is 47.4 Å². The van der Waals surface area contributed by atoms with Crippen LogP contribution in [0.1, 0.15) is 33.9 Å². The van der Waals surface area contributed by atoms with Crippen molar-refractivity contribution >= 4 is 23.4 Å². The number of carbonyl (C=O) groups is 1. The summed E-state index contributed by atoms with van der Waals surface area (Å²) in [4.78, 5) is 13.8. The topological polar surface area (TPSA) is 55.1 Å². The number of anilines is 1. The molecule has 0 saturated carbocycles. The summed E-state index contributed by atoms with van der Waals surface area (Å²) in [6.45, 7) is 1.88. The number of thioether (sulfide) groups is 1. The summed E-state index contributed by atoms with van der Waals surface area (Å²) in [5.74, 6) is 0.976. The summed E-state index contributed by atoms with van der Waals surface area (Å²) in [6.07, 6.45) is 0.953. The maximum absolute atomic E-state index is 12.5. The Labute approximate surface area is 128 Å². The van der Waals surface area contributed by atoms with Gasteiger partial charge in [-0.3, -0.25) is 4.79 Å². The molecule has 0 aliphatic carbocycles. The van der Waals surface area contributed by atoms with E-state index in [0.717, 1.165) is 17.7 Å². The molecule has 0 fully saturated rings. The van der Waals surface area contributed by atoms with Crippen LogP contribution < -0.4 is 11.1 Å². The van der Waals surface area contributed by atoms with Gasteiger partial charge in [-0.25, -0.2) is 0 Å².